The van der Waals surface area contributed by atoms with E-state index < -0.39 is 5.60 Å². The van der Waals surface area contributed by atoms with Crippen LogP contribution >= 0.6 is 0 Å². The van der Waals surface area contributed by atoms with E-state index in [0.717, 1.165) is 31.6 Å². The first-order valence-electron chi connectivity index (χ1n) is 6.08. The van der Waals surface area contributed by atoms with Gasteiger partial charge in [-0.2, -0.15) is 0 Å². The molecule has 2 fully saturated rings. The number of rotatable bonds is 2. The molecule has 2 heterocycles. The Morgan fingerprint density at radius 2 is 2.06 bits per heavy atom. The van der Waals surface area contributed by atoms with Crippen LogP contribution in [0.4, 0.5) is 0 Å². The maximum Gasteiger partial charge on any atom is 0.0709 e. The van der Waals surface area contributed by atoms with Gasteiger partial charge in [0, 0.05) is 18.3 Å². The van der Waals surface area contributed by atoms with Gasteiger partial charge < -0.3 is 10.4 Å². The third-order valence-corrected chi connectivity index (χ3v) is 4.00. The Labute approximate surface area is 95.9 Å². The summed E-state index contributed by atoms with van der Waals surface area (Å²) in [5.74, 6) is 1.35. The zero-order valence-electron chi connectivity index (χ0n) is 9.39. The van der Waals surface area contributed by atoms with Crippen molar-refractivity contribution in [3.63, 3.8) is 0 Å². The Morgan fingerprint density at radius 1 is 1.31 bits per heavy atom. The molecule has 1 saturated heterocycles. The number of aliphatic hydroxyl groups is 1. The van der Waals surface area contributed by atoms with Crippen molar-refractivity contribution < 1.29 is 5.11 Å². The lowest BCUT2D eigenvalue weighted by molar-refractivity contribution is 0.0389. The van der Waals surface area contributed by atoms with Gasteiger partial charge in [0.25, 0.3) is 0 Å². The lowest BCUT2D eigenvalue weighted by Crippen LogP contribution is -2.31. The summed E-state index contributed by atoms with van der Waals surface area (Å²) >= 11 is 0. The molecule has 86 valence electrons. The Balaban J connectivity index is 1.71. The van der Waals surface area contributed by atoms with Gasteiger partial charge in [0.1, 0.15) is 0 Å². The highest BCUT2D eigenvalue weighted by atomic mass is 16.3. The third-order valence-electron chi connectivity index (χ3n) is 4.00. The van der Waals surface area contributed by atoms with Gasteiger partial charge in [-0.3, -0.25) is 4.98 Å². The van der Waals surface area contributed by atoms with Crippen LogP contribution in [-0.2, 0) is 6.42 Å². The largest absolute Gasteiger partial charge is 0.389 e. The highest BCUT2D eigenvalue weighted by Crippen LogP contribution is 2.42. The number of aromatic nitrogens is 1. The normalized spacial score (nSPS) is 37.6. The van der Waals surface area contributed by atoms with Crippen LogP contribution in [0, 0.1) is 11.8 Å². The molecule has 0 amide bonds. The van der Waals surface area contributed by atoms with Crippen LogP contribution in [0.25, 0.3) is 0 Å². The molecule has 3 nitrogen and oxygen atoms in total. The van der Waals surface area contributed by atoms with Crippen molar-refractivity contribution in [3.05, 3.63) is 30.1 Å². The van der Waals surface area contributed by atoms with Crippen molar-refractivity contribution in [2.45, 2.75) is 24.9 Å². The van der Waals surface area contributed by atoms with E-state index in [9.17, 15) is 5.11 Å². The molecule has 1 saturated carbocycles. The number of nitrogens with zero attached hydrogens (tertiary/aromatic N) is 1. The minimum atomic E-state index is -0.508. The van der Waals surface area contributed by atoms with Crippen molar-refractivity contribution in [3.8, 4) is 0 Å². The molecule has 0 spiro atoms. The molecule has 0 bridgehead atoms. The first-order valence-corrected chi connectivity index (χ1v) is 6.08. The van der Waals surface area contributed by atoms with Crippen molar-refractivity contribution >= 4 is 0 Å². The molecule has 1 aliphatic carbocycles. The van der Waals surface area contributed by atoms with E-state index in [0.29, 0.717) is 18.3 Å². The van der Waals surface area contributed by atoms with E-state index in [-0.39, 0.29) is 0 Å². The third kappa shape index (κ3) is 1.85. The Kier molecular flexibility index (Phi) is 2.45. The molecule has 1 aliphatic heterocycles. The minimum Gasteiger partial charge on any atom is -0.389 e. The quantitative estimate of drug-likeness (QED) is 0.778. The number of pyridine rings is 1. The van der Waals surface area contributed by atoms with Crippen LogP contribution < -0.4 is 5.32 Å². The zero-order valence-corrected chi connectivity index (χ0v) is 9.39. The molecule has 2 aliphatic rings. The van der Waals surface area contributed by atoms with Crippen LogP contribution in [0.15, 0.2) is 24.4 Å². The number of nitrogens with one attached hydrogen (secondary N) is 1. The molecule has 2 N–H and O–H groups in total. The van der Waals surface area contributed by atoms with Crippen LogP contribution in [0.1, 0.15) is 18.5 Å². The molecular formula is C13H18N2O. The fraction of sp³-hybridized carbons (Fsp3) is 0.615. The SMILES string of the molecule is O[C@@]1(Cc2ccccn2)CC2CNC[C@H]2C1. The minimum absolute atomic E-state index is 0.508. The predicted molar refractivity (Wildman–Crippen MR) is 62.0 cm³/mol. The van der Waals surface area contributed by atoms with Gasteiger partial charge in [-0.05, 0) is 49.9 Å². The number of fused-ring (bicyclic) bond motifs is 1. The topological polar surface area (TPSA) is 45.2 Å². The van der Waals surface area contributed by atoms with E-state index in [1.165, 1.54) is 0 Å². The van der Waals surface area contributed by atoms with Crippen molar-refractivity contribution in [2.75, 3.05) is 13.1 Å². The lowest BCUT2D eigenvalue weighted by Gasteiger charge is -2.23. The smallest absolute Gasteiger partial charge is 0.0709 e. The van der Waals surface area contributed by atoms with E-state index in [1.807, 2.05) is 18.2 Å². The summed E-state index contributed by atoms with van der Waals surface area (Å²) in [7, 11) is 0. The Morgan fingerprint density at radius 3 is 2.69 bits per heavy atom. The van der Waals surface area contributed by atoms with Gasteiger partial charge >= 0.3 is 0 Å². The van der Waals surface area contributed by atoms with Crippen LogP contribution in [0.3, 0.4) is 0 Å². The molecule has 0 aromatic carbocycles. The lowest BCUT2D eigenvalue weighted by atomic mass is 9.94. The predicted octanol–water partition coefficient (Wildman–Crippen LogP) is 0.985. The average Bonchev–Trinajstić information content (AvgIpc) is 2.77. The fourth-order valence-corrected chi connectivity index (χ4v) is 3.31. The molecule has 1 unspecified atom stereocenters. The van der Waals surface area contributed by atoms with Gasteiger partial charge in [-0.15, -0.1) is 0 Å². The van der Waals surface area contributed by atoms with Crippen LogP contribution in [0.5, 0.6) is 0 Å². The molecule has 16 heavy (non-hydrogen) atoms. The van der Waals surface area contributed by atoms with E-state index >= 15 is 0 Å². The van der Waals surface area contributed by atoms with Gasteiger partial charge in [-0.25, -0.2) is 0 Å². The second kappa shape index (κ2) is 3.82. The van der Waals surface area contributed by atoms with Gasteiger partial charge in [0.05, 0.1) is 5.60 Å². The van der Waals surface area contributed by atoms with Crippen molar-refractivity contribution in [1.82, 2.24) is 10.3 Å². The van der Waals surface area contributed by atoms with Crippen molar-refractivity contribution in [2.24, 2.45) is 11.8 Å². The number of hydrogen-bond acceptors (Lipinski definition) is 3. The Bertz CT molecular complexity index is 353. The summed E-state index contributed by atoms with van der Waals surface area (Å²) in [6.07, 6.45) is 4.37. The van der Waals surface area contributed by atoms with Crippen LogP contribution in [-0.4, -0.2) is 28.8 Å². The van der Waals surface area contributed by atoms with E-state index in [2.05, 4.69) is 10.3 Å². The van der Waals surface area contributed by atoms with Crippen LogP contribution in [0.2, 0.25) is 0 Å². The average molecular weight is 218 g/mol. The summed E-state index contributed by atoms with van der Waals surface area (Å²) in [4.78, 5) is 4.31. The van der Waals surface area contributed by atoms with Gasteiger partial charge in [0.2, 0.25) is 0 Å². The summed E-state index contributed by atoms with van der Waals surface area (Å²) in [5, 5.41) is 14.0. The zero-order chi connectivity index (χ0) is 11.0. The monoisotopic (exact) mass is 218 g/mol. The molecule has 0 radical (unpaired) electrons. The summed E-state index contributed by atoms with van der Waals surface area (Å²) in [6, 6.07) is 5.91. The first-order chi connectivity index (χ1) is 7.75. The maximum absolute atomic E-state index is 10.6. The van der Waals surface area contributed by atoms with Gasteiger partial charge in [-0.1, -0.05) is 6.07 Å². The number of hydrogen-bond donors (Lipinski definition) is 2. The first kappa shape index (κ1) is 10.2. The van der Waals surface area contributed by atoms with Gasteiger partial charge in [0.15, 0.2) is 0 Å². The second-order valence-corrected chi connectivity index (χ2v) is 5.31. The Hall–Kier alpha value is -0.930. The summed E-state index contributed by atoms with van der Waals surface area (Å²) < 4.78 is 0. The van der Waals surface area contributed by atoms with Crippen molar-refractivity contribution in [1.29, 1.82) is 0 Å². The summed E-state index contributed by atoms with van der Waals surface area (Å²) in [5.41, 5.74) is 0.504. The maximum atomic E-state index is 10.6. The standard InChI is InChI=1S/C13H18N2O/c16-13(7-12-3-1-2-4-15-12)5-10-8-14-9-11(10)6-13/h1-4,10-11,14,16H,5-9H2/t10-,11?,13-/m1/s1. The molecule has 3 rings (SSSR count). The molecule has 1 aromatic rings. The fourth-order valence-electron chi connectivity index (χ4n) is 3.31. The molecule has 3 atom stereocenters. The molecule has 3 heteroatoms. The molecule has 1 aromatic heterocycles. The molecular weight excluding hydrogens is 200 g/mol. The highest BCUT2D eigenvalue weighted by Gasteiger charge is 2.45. The second-order valence-electron chi connectivity index (χ2n) is 5.31. The van der Waals surface area contributed by atoms with E-state index in [4.69, 9.17) is 0 Å². The summed E-state index contributed by atoms with van der Waals surface area (Å²) in [6.45, 7) is 2.16. The highest BCUT2D eigenvalue weighted by molar-refractivity contribution is 5.10. The van der Waals surface area contributed by atoms with E-state index in [1.54, 1.807) is 6.20 Å².